The third-order valence-corrected chi connectivity index (χ3v) is 4.64. The van der Waals surface area contributed by atoms with Crippen molar-refractivity contribution < 1.29 is 18.3 Å². The van der Waals surface area contributed by atoms with E-state index in [0.29, 0.717) is 11.0 Å². The number of aromatic nitrogens is 2. The second kappa shape index (κ2) is 5.34. The number of nitrogens with zero attached hydrogens (tertiary/aromatic N) is 2. The summed E-state index contributed by atoms with van der Waals surface area (Å²) in [7, 11) is -0.650. The van der Waals surface area contributed by atoms with Gasteiger partial charge in [0.25, 0.3) is 0 Å². The number of rotatable bonds is 5. The Morgan fingerprint density at radius 3 is 2.48 bits per heavy atom. The average Bonchev–Trinajstić information content (AvgIpc) is 2.63. The van der Waals surface area contributed by atoms with E-state index in [0.717, 1.165) is 0 Å². The molecular weight excluding hydrogens is 298 g/mol. The van der Waals surface area contributed by atoms with Crippen molar-refractivity contribution in [2.75, 3.05) is 6.54 Å². The minimum absolute atomic E-state index is 0.0124. The lowest BCUT2D eigenvalue weighted by atomic mass is 10.3. The number of hydrogen-bond donors (Lipinski definition) is 2. The molecule has 0 fully saturated rings. The summed E-state index contributed by atoms with van der Waals surface area (Å²) in [5, 5.41) is 8.52. The maximum atomic E-state index is 12.1. The largest absolute Gasteiger partial charge is 0.481 e. The van der Waals surface area contributed by atoms with E-state index in [9.17, 15) is 18.0 Å². The molecule has 114 valence electrons. The van der Waals surface area contributed by atoms with Crippen LogP contribution in [0.4, 0.5) is 0 Å². The number of nitrogens with one attached hydrogen (secondary N) is 1. The summed E-state index contributed by atoms with van der Waals surface area (Å²) in [6.45, 7) is -0.191. The Kier molecular flexibility index (Phi) is 3.88. The predicted molar refractivity (Wildman–Crippen MR) is 75.6 cm³/mol. The molecule has 0 saturated heterocycles. The van der Waals surface area contributed by atoms with Gasteiger partial charge in [-0.1, -0.05) is 0 Å². The van der Waals surface area contributed by atoms with E-state index in [1.807, 2.05) is 0 Å². The number of imidazole rings is 1. The zero-order valence-electron chi connectivity index (χ0n) is 11.5. The highest BCUT2D eigenvalue weighted by Gasteiger charge is 2.17. The van der Waals surface area contributed by atoms with Gasteiger partial charge in [0.05, 0.1) is 22.3 Å². The molecule has 0 aliphatic heterocycles. The summed E-state index contributed by atoms with van der Waals surface area (Å²) in [5.41, 5.74) is 0.856. The Labute approximate surface area is 120 Å². The van der Waals surface area contributed by atoms with Crippen molar-refractivity contribution in [3.63, 3.8) is 0 Å². The summed E-state index contributed by atoms with van der Waals surface area (Å²) in [4.78, 5) is 22.2. The summed E-state index contributed by atoms with van der Waals surface area (Å²) >= 11 is 0. The summed E-state index contributed by atoms with van der Waals surface area (Å²) < 4.78 is 29.1. The fraction of sp³-hybridized carbons (Fsp3) is 0.333. The SMILES string of the molecule is Cn1c(=O)n(C)c2cc(S(=O)(=O)NCCC(=O)O)ccc21. The average molecular weight is 313 g/mol. The fourth-order valence-corrected chi connectivity index (χ4v) is 3.08. The first-order valence-corrected chi connectivity index (χ1v) is 7.59. The number of carboxylic acid groups (broad SMARTS) is 1. The third kappa shape index (κ3) is 2.83. The van der Waals surface area contributed by atoms with Gasteiger partial charge in [0, 0.05) is 20.6 Å². The summed E-state index contributed by atoms with van der Waals surface area (Å²) in [6, 6.07) is 4.31. The van der Waals surface area contributed by atoms with Crippen molar-refractivity contribution in [1.29, 1.82) is 0 Å². The topological polar surface area (TPSA) is 110 Å². The molecular formula is C12H15N3O5S. The second-order valence-corrected chi connectivity index (χ2v) is 6.36. The number of hydrogen-bond acceptors (Lipinski definition) is 4. The number of sulfonamides is 1. The molecule has 1 aromatic heterocycles. The molecule has 0 saturated carbocycles. The molecule has 0 unspecified atom stereocenters. The Balaban J connectivity index is 2.41. The molecule has 0 aliphatic carbocycles. The second-order valence-electron chi connectivity index (χ2n) is 4.59. The lowest BCUT2D eigenvalue weighted by Gasteiger charge is -2.06. The lowest BCUT2D eigenvalue weighted by molar-refractivity contribution is -0.136. The zero-order chi connectivity index (χ0) is 15.8. The molecule has 2 aromatic rings. The Morgan fingerprint density at radius 2 is 1.86 bits per heavy atom. The van der Waals surface area contributed by atoms with Crippen LogP contribution in [0, 0.1) is 0 Å². The van der Waals surface area contributed by atoms with Gasteiger partial charge < -0.3 is 5.11 Å². The van der Waals surface area contributed by atoms with E-state index >= 15 is 0 Å². The van der Waals surface area contributed by atoms with Crippen LogP contribution in [-0.2, 0) is 28.9 Å². The van der Waals surface area contributed by atoms with E-state index in [1.54, 1.807) is 20.2 Å². The van der Waals surface area contributed by atoms with Crippen LogP contribution in [0.3, 0.4) is 0 Å². The third-order valence-electron chi connectivity index (χ3n) is 3.18. The van der Waals surface area contributed by atoms with Gasteiger partial charge in [0.15, 0.2) is 0 Å². The highest BCUT2D eigenvalue weighted by Crippen LogP contribution is 2.17. The van der Waals surface area contributed by atoms with Crippen LogP contribution in [0.15, 0.2) is 27.9 Å². The van der Waals surface area contributed by atoms with Crippen LogP contribution < -0.4 is 10.4 Å². The van der Waals surface area contributed by atoms with Gasteiger partial charge in [0.1, 0.15) is 0 Å². The van der Waals surface area contributed by atoms with Crippen LogP contribution in [-0.4, -0.2) is 35.2 Å². The first-order valence-electron chi connectivity index (χ1n) is 6.11. The van der Waals surface area contributed by atoms with E-state index in [2.05, 4.69) is 4.72 Å². The van der Waals surface area contributed by atoms with Crippen molar-refractivity contribution in [2.45, 2.75) is 11.3 Å². The van der Waals surface area contributed by atoms with Crippen molar-refractivity contribution >= 4 is 27.0 Å². The van der Waals surface area contributed by atoms with Gasteiger partial charge >= 0.3 is 11.7 Å². The van der Waals surface area contributed by atoms with Crippen LogP contribution in [0.2, 0.25) is 0 Å². The van der Waals surface area contributed by atoms with E-state index < -0.39 is 16.0 Å². The van der Waals surface area contributed by atoms with E-state index in [1.165, 1.54) is 21.3 Å². The predicted octanol–water partition coefficient (Wildman–Crippen LogP) is -0.370. The lowest BCUT2D eigenvalue weighted by Crippen LogP contribution is -2.26. The first kappa shape index (κ1) is 15.3. The van der Waals surface area contributed by atoms with Crippen LogP contribution in [0.1, 0.15) is 6.42 Å². The smallest absolute Gasteiger partial charge is 0.328 e. The molecule has 0 aliphatic rings. The normalized spacial score (nSPS) is 11.9. The van der Waals surface area contributed by atoms with Gasteiger partial charge in [-0.25, -0.2) is 17.9 Å². The van der Waals surface area contributed by atoms with Crippen molar-refractivity contribution in [1.82, 2.24) is 13.9 Å². The highest BCUT2D eigenvalue weighted by molar-refractivity contribution is 7.89. The molecule has 8 nitrogen and oxygen atoms in total. The van der Waals surface area contributed by atoms with Crippen molar-refractivity contribution in [2.24, 2.45) is 14.1 Å². The van der Waals surface area contributed by atoms with Gasteiger partial charge in [-0.2, -0.15) is 0 Å². The number of carbonyl (C=O) groups is 1. The maximum absolute atomic E-state index is 12.1. The Morgan fingerprint density at radius 1 is 1.24 bits per heavy atom. The number of aryl methyl sites for hydroxylation is 2. The number of carboxylic acids is 1. The Bertz CT molecular complexity index is 863. The minimum Gasteiger partial charge on any atom is -0.481 e. The molecule has 9 heteroatoms. The monoisotopic (exact) mass is 313 g/mol. The first-order chi connectivity index (χ1) is 9.74. The number of aliphatic carboxylic acids is 1. The van der Waals surface area contributed by atoms with Crippen molar-refractivity contribution in [3.05, 3.63) is 28.7 Å². The van der Waals surface area contributed by atoms with Gasteiger partial charge in [-0.3, -0.25) is 13.9 Å². The fourth-order valence-electron chi connectivity index (χ4n) is 2.03. The van der Waals surface area contributed by atoms with Gasteiger partial charge in [-0.15, -0.1) is 0 Å². The number of fused-ring (bicyclic) bond motifs is 1. The molecule has 1 heterocycles. The Hall–Kier alpha value is -2.13. The maximum Gasteiger partial charge on any atom is 0.328 e. The van der Waals surface area contributed by atoms with Crippen LogP contribution in [0.5, 0.6) is 0 Å². The molecule has 0 amide bonds. The number of benzene rings is 1. The summed E-state index contributed by atoms with van der Waals surface area (Å²) in [6.07, 6.45) is -0.300. The highest BCUT2D eigenvalue weighted by atomic mass is 32.2. The zero-order valence-corrected chi connectivity index (χ0v) is 12.3. The summed E-state index contributed by atoms with van der Waals surface area (Å²) in [5.74, 6) is -1.08. The van der Waals surface area contributed by atoms with Crippen molar-refractivity contribution in [3.8, 4) is 0 Å². The molecule has 0 radical (unpaired) electrons. The molecule has 21 heavy (non-hydrogen) atoms. The quantitative estimate of drug-likeness (QED) is 0.782. The molecule has 2 N–H and O–H groups in total. The standard InChI is InChI=1S/C12H15N3O5S/c1-14-9-4-3-8(7-10(9)15(2)12(14)18)21(19,20)13-6-5-11(16)17/h3-4,7,13H,5-6H2,1-2H3,(H,16,17). The van der Waals surface area contributed by atoms with Crippen LogP contribution in [0.25, 0.3) is 11.0 Å². The van der Waals surface area contributed by atoms with E-state index in [-0.39, 0.29) is 23.6 Å². The molecule has 0 bridgehead atoms. The minimum atomic E-state index is -3.81. The van der Waals surface area contributed by atoms with Crippen LogP contribution >= 0.6 is 0 Å². The molecule has 0 atom stereocenters. The van der Waals surface area contributed by atoms with Gasteiger partial charge in [-0.05, 0) is 18.2 Å². The molecule has 1 aromatic carbocycles. The molecule has 2 rings (SSSR count). The van der Waals surface area contributed by atoms with E-state index in [4.69, 9.17) is 5.11 Å². The molecule has 0 spiro atoms. The van der Waals surface area contributed by atoms with Gasteiger partial charge in [0.2, 0.25) is 10.0 Å².